The van der Waals surface area contributed by atoms with Crippen LogP contribution in [-0.4, -0.2) is 12.5 Å². The third-order valence-corrected chi connectivity index (χ3v) is 4.40. The number of hydrogen-bond donors (Lipinski definition) is 1. The highest BCUT2D eigenvalue weighted by Gasteiger charge is 2.12. The molecule has 0 aliphatic heterocycles. The van der Waals surface area contributed by atoms with Crippen molar-refractivity contribution < 1.29 is 9.53 Å². The van der Waals surface area contributed by atoms with Crippen LogP contribution in [0.4, 0.5) is 5.69 Å². The fraction of sp³-hybridized carbons (Fsp3) is 0.0556. The van der Waals surface area contributed by atoms with E-state index in [-0.39, 0.29) is 12.2 Å². The smallest absolute Gasteiger partial charge is 0.266 e. The standard InChI is InChI=1S/C18H11BrIN3O2/c19-15-9-12(10-16(20)17(15)25-7-6-21)8-13(11-22)18(24)23-14-4-2-1-3-5-14/h1-5,8-10H,7H2,(H,23,24)/b13-8-. The zero-order valence-corrected chi connectivity index (χ0v) is 16.5. The second kappa shape index (κ2) is 9.21. The van der Waals surface area contributed by atoms with E-state index in [4.69, 9.17) is 10.00 Å². The molecule has 5 nitrogen and oxygen atoms in total. The lowest BCUT2D eigenvalue weighted by Crippen LogP contribution is -2.13. The number of nitriles is 2. The van der Waals surface area contributed by atoms with Crippen molar-refractivity contribution in [1.82, 2.24) is 0 Å². The molecule has 0 fully saturated rings. The molecule has 1 N–H and O–H groups in total. The number of ether oxygens (including phenoxy) is 1. The topological polar surface area (TPSA) is 85.9 Å². The van der Waals surface area contributed by atoms with Crippen LogP contribution in [0.15, 0.2) is 52.5 Å². The second-order valence-electron chi connectivity index (χ2n) is 4.75. The van der Waals surface area contributed by atoms with Crippen LogP contribution >= 0.6 is 38.5 Å². The van der Waals surface area contributed by atoms with Gasteiger partial charge in [0.1, 0.15) is 23.5 Å². The lowest BCUT2D eigenvalue weighted by molar-refractivity contribution is -0.112. The first-order chi connectivity index (χ1) is 12.0. The van der Waals surface area contributed by atoms with Crippen molar-refractivity contribution in [2.45, 2.75) is 0 Å². The summed E-state index contributed by atoms with van der Waals surface area (Å²) in [5.74, 6) is 0.0659. The highest BCUT2D eigenvalue weighted by molar-refractivity contribution is 14.1. The average molecular weight is 508 g/mol. The monoisotopic (exact) mass is 507 g/mol. The Labute approximate surface area is 167 Å². The Morgan fingerprint density at radius 1 is 1.28 bits per heavy atom. The average Bonchev–Trinajstić information content (AvgIpc) is 2.59. The van der Waals surface area contributed by atoms with Crippen molar-refractivity contribution in [3.63, 3.8) is 0 Å². The van der Waals surface area contributed by atoms with E-state index in [0.29, 0.717) is 21.5 Å². The number of para-hydroxylation sites is 1. The maximum Gasteiger partial charge on any atom is 0.266 e. The normalized spacial score (nSPS) is 10.5. The van der Waals surface area contributed by atoms with Gasteiger partial charge < -0.3 is 10.1 Å². The number of nitrogens with zero attached hydrogens (tertiary/aromatic N) is 2. The number of anilines is 1. The molecule has 0 saturated heterocycles. The van der Waals surface area contributed by atoms with Crippen LogP contribution in [0.3, 0.4) is 0 Å². The van der Waals surface area contributed by atoms with E-state index >= 15 is 0 Å². The van der Waals surface area contributed by atoms with Gasteiger partial charge in [0.15, 0.2) is 6.61 Å². The molecular formula is C18H11BrIN3O2. The van der Waals surface area contributed by atoms with Crippen LogP contribution in [0.1, 0.15) is 5.56 Å². The summed E-state index contributed by atoms with van der Waals surface area (Å²) in [4.78, 5) is 12.2. The molecule has 1 amide bonds. The number of carbonyl (C=O) groups is 1. The first-order valence-electron chi connectivity index (χ1n) is 7.02. The summed E-state index contributed by atoms with van der Waals surface area (Å²) in [6.07, 6.45) is 1.50. The summed E-state index contributed by atoms with van der Waals surface area (Å²) in [6, 6.07) is 16.2. The second-order valence-corrected chi connectivity index (χ2v) is 6.77. The molecule has 0 unspecified atom stereocenters. The van der Waals surface area contributed by atoms with Crippen molar-refractivity contribution in [3.05, 3.63) is 61.6 Å². The van der Waals surface area contributed by atoms with E-state index in [1.54, 1.807) is 36.4 Å². The fourth-order valence-electron chi connectivity index (χ4n) is 1.94. The zero-order chi connectivity index (χ0) is 18.2. The van der Waals surface area contributed by atoms with Gasteiger partial charge in [-0.3, -0.25) is 4.79 Å². The zero-order valence-electron chi connectivity index (χ0n) is 12.8. The van der Waals surface area contributed by atoms with Gasteiger partial charge in [0.25, 0.3) is 5.91 Å². The number of carbonyl (C=O) groups excluding carboxylic acids is 1. The molecule has 0 aliphatic carbocycles. The molecule has 0 aromatic heterocycles. The Morgan fingerprint density at radius 3 is 2.60 bits per heavy atom. The summed E-state index contributed by atoms with van der Waals surface area (Å²) < 4.78 is 6.75. The molecule has 0 heterocycles. The SMILES string of the molecule is N#CCOc1c(Br)cc(/C=C(/C#N)C(=O)Nc2ccccc2)cc1I. The van der Waals surface area contributed by atoms with Gasteiger partial charge in [-0.25, -0.2) is 0 Å². The minimum absolute atomic E-state index is 0.0164. The molecule has 25 heavy (non-hydrogen) atoms. The first-order valence-corrected chi connectivity index (χ1v) is 8.89. The molecule has 2 aromatic carbocycles. The van der Waals surface area contributed by atoms with Gasteiger partial charge in [0.05, 0.1) is 8.04 Å². The maximum absolute atomic E-state index is 12.2. The van der Waals surface area contributed by atoms with Gasteiger partial charge in [-0.05, 0) is 74.4 Å². The molecule has 7 heteroatoms. The van der Waals surface area contributed by atoms with E-state index in [0.717, 1.165) is 3.57 Å². The van der Waals surface area contributed by atoms with E-state index in [1.165, 1.54) is 6.08 Å². The van der Waals surface area contributed by atoms with Crippen LogP contribution in [0.25, 0.3) is 6.08 Å². The highest BCUT2D eigenvalue weighted by Crippen LogP contribution is 2.32. The largest absolute Gasteiger partial charge is 0.476 e. The van der Waals surface area contributed by atoms with Crippen LogP contribution in [0, 0.1) is 26.2 Å². The van der Waals surface area contributed by atoms with Crippen molar-refractivity contribution in [2.75, 3.05) is 11.9 Å². The van der Waals surface area contributed by atoms with Crippen LogP contribution < -0.4 is 10.1 Å². The molecule has 0 aliphatic rings. The molecule has 0 radical (unpaired) electrons. The number of nitrogens with one attached hydrogen (secondary N) is 1. The van der Waals surface area contributed by atoms with Crippen LogP contribution in [0.2, 0.25) is 0 Å². The van der Waals surface area contributed by atoms with E-state index in [1.807, 2.05) is 18.2 Å². The minimum Gasteiger partial charge on any atom is -0.476 e. The fourth-order valence-corrected chi connectivity index (χ4v) is 3.71. The number of halogens is 2. The Balaban J connectivity index is 2.26. The number of rotatable bonds is 5. The molecule has 0 atom stereocenters. The lowest BCUT2D eigenvalue weighted by Gasteiger charge is -2.09. The Kier molecular flexibility index (Phi) is 6.99. The molecule has 2 rings (SSSR count). The molecule has 0 bridgehead atoms. The van der Waals surface area contributed by atoms with Gasteiger partial charge in [0.2, 0.25) is 0 Å². The number of hydrogen-bond acceptors (Lipinski definition) is 4. The predicted molar refractivity (Wildman–Crippen MR) is 107 cm³/mol. The van der Waals surface area contributed by atoms with Gasteiger partial charge in [0, 0.05) is 5.69 Å². The summed E-state index contributed by atoms with van der Waals surface area (Å²) in [5.41, 5.74) is 1.27. The Morgan fingerprint density at radius 2 is 2.00 bits per heavy atom. The first kappa shape index (κ1) is 19.0. The van der Waals surface area contributed by atoms with Gasteiger partial charge in [-0.2, -0.15) is 10.5 Å². The van der Waals surface area contributed by atoms with Crippen molar-refractivity contribution in [2.24, 2.45) is 0 Å². The third-order valence-electron chi connectivity index (χ3n) is 3.01. The quantitative estimate of drug-likeness (QED) is 0.366. The summed E-state index contributed by atoms with van der Waals surface area (Å²) in [6.45, 7) is -0.0628. The third kappa shape index (κ3) is 5.31. The maximum atomic E-state index is 12.2. The van der Waals surface area contributed by atoms with E-state index in [9.17, 15) is 10.1 Å². The molecule has 2 aromatic rings. The predicted octanol–water partition coefficient (Wildman–Crippen LogP) is 4.50. The summed E-state index contributed by atoms with van der Waals surface area (Å²) in [7, 11) is 0. The van der Waals surface area contributed by atoms with E-state index < -0.39 is 5.91 Å². The lowest BCUT2D eigenvalue weighted by atomic mass is 10.1. The van der Waals surface area contributed by atoms with Crippen LogP contribution in [-0.2, 0) is 4.79 Å². The molecule has 0 spiro atoms. The van der Waals surface area contributed by atoms with Gasteiger partial charge >= 0.3 is 0 Å². The van der Waals surface area contributed by atoms with Crippen LogP contribution in [0.5, 0.6) is 5.75 Å². The van der Waals surface area contributed by atoms with Crippen molar-refractivity contribution >= 4 is 56.2 Å². The summed E-state index contributed by atoms with van der Waals surface area (Å²) >= 11 is 5.45. The van der Waals surface area contributed by atoms with E-state index in [2.05, 4.69) is 43.8 Å². The van der Waals surface area contributed by atoms with Crippen molar-refractivity contribution in [1.29, 1.82) is 10.5 Å². The molecule has 0 saturated carbocycles. The molecule has 124 valence electrons. The number of amides is 1. The van der Waals surface area contributed by atoms with Gasteiger partial charge in [-0.15, -0.1) is 0 Å². The molecular weight excluding hydrogens is 497 g/mol. The Bertz CT molecular complexity index is 876. The minimum atomic E-state index is -0.482. The summed E-state index contributed by atoms with van der Waals surface area (Å²) in [5, 5.41) is 20.6. The van der Waals surface area contributed by atoms with Gasteiger partial charge in [-0.1, -0.05) is 18.2 Å². The highest BCUT2D eigenvalue weighted by atomic mass is 127. The van der Waals surface area contributed by atoms with Crippen molar-refractivity contribution in [3.8, 4) is 17.9 Å². The number of benzene rings is 2. The Hall–Kier alpha value is -2.36.